The zero-order valence-electron chi connectivity index (χ0n) is 14.3. The van der Waals surface area contributed by atoms with Crippen LogP contribution in [0.1, 0.15) is 75.3 Å². The Morgan fingerprint density at radius 1 is 1.13 bits per heavy atom. The Morgan fingerprint density at radius 3 is 2.74 bits per heavy atom. The number of aryl methyl sites for hydroxylation is 1. The van der Waals surface area contributed by atoms with Crippen molar-refractivity contribution in [2.45, 2.75) is 70.6 Å². The fraction of sp³-hybridized carbons (Fsp3) is 0.600. The first kappa shape index (κ1) is 17.7. The van der Waals surface area contributed by atoms with Crippen LogP contribution in [0.3, 0.4) is 0 Å². The Morgan fingerprint density at radius 2 is 1.91 bits per heavy atom. The van der Waals surface area contributed by atoms with Gasteiger partial charge in [0.2, 0.25) is 5.78 Å². The van der Waals surface area contributed by atoms with Crippen LogP contribution in [-0.2, 0) is 16.0 Å². The summed E-state index contributed by atoms with van der Waals surface area (Å²) in [5, 5.41) is 2.86. The number of nitrogens with one attached hydrogen (secondary N) is 1. The van der Waals surface area contributed by atoms with Gasteiger partial charge in [-0.25, -0.2) is 0 Å². The summed E-state index contributed by atoms with van der Waals surface area (Å²) in [6.07, 6.45) is 9.18. The minimum absolute atomic E-state index is 0.259. The molecule has 1 atom stereocenters. The van der Waals surface area contributed by atoms with E-state index in [-0.39, 0.29) is 5.78 Å². The van der Waals surface area contributed by atoms with Gasteiger partial charge in [-0.2, -0.15) is 0 Å². The third-order valence-corrected chi connectivity index (χ3v) is 4.76. The highest BCUT2D eigenvalue weighted by atomic mass is 16.2. The Kier molecular flexibility index (Phi) is 7.31. The lowest BCUT2D eigenvalue weighted by molar-refractivity contribution is -0.138. The molecule has 2 rings (SSSR count). The van der Waals surface area contributed by atoms with E-state index in [2.05, 4.69) is 36.5 Å². The number of fused-ring (bicyclic) bond motifs is 1. The van der Waals surface area contributed by atoms with E-state index < -0.39 is 5.91 Å². The van der Waals surface area contributed by atoms with E-state index in [1.54, 1.807) is 0 Å². The lowest BCUT2D eigenvalue weighted by atomic mass is 9.83. The molecule has 0 aromatic heterocycles. The van der Waals surface area contributed by atoms with Gasteiger partial charge in [0.1, 0.15) is 0 Å². The number of rotatable bonds is 9. The minimum Gasteiger partial charge on any atom is -0.349 e. The highest BCUT2D eigenvalue weighted by Gasteiger charge is 2.21. The average Bonchev–Trinajstić information content (AvgIpc) is 2.59. The Balaban J connectivity index is 1.73. The zero-order valence-corrected chi connectivity index (χ0v) is 14.3. The number of unbranched alkanes of at least 4 members (excludes halogenated alkanes) is 4. The van der Waals surface area contributed by atoms with E-state index in [1.807, 2.05) is 0 Å². The van der Waals surface area contributed by atoms with Crippen molar-refractivity contribution in [2.24, 2.45) is 0 Å². The van der Waals surface area contributed by atoms with Gasteiger partial charge in [-0.15, -0.1) is 0 Å². The second kappa shape index (κ2) is 9.49. The molecule has 0 radical (unpaired) electrons. The summed E-state index contributed by atoms with van der Waals surface area (Å²) in [6, 6.07) is 8.45. The molecular weight excluding hydrogens is 286 g/mol. The molecule has 1 unspecified atom stereocenters. The van der Waals surface area contributed by atoms with Gasteiger partial charge in [0.05, 0.1) is 0 Å². The molecule has 0 heterocycles. The summed E-state index contributed by atoms with van der Waals surface area (Å²) in [5.41, 5.74) is 2.73. The lowest BCUT2D eigenvalue weighted by Gasteiger charge is -2.25. The number of ketones is 1. The Labute approximate surface area is 139 Å². The molecule has 1 aromatic rings. The fourth-order valence-corrected chi connectivity index (χ4v) is 3.38. The van der Waals surface area contributed by atoms with Crippen molar-refractivity contribution in [3.8, 4) is 0 Å². The predicted molar refractivity (Wildman–Crippen MR) is 93.5 cm³/mol. The number of amides is 1. The molecular formula is C20H29NO2. The van der Waals surface area contributed by atoms with Crippen molar-refractivity contribution in [3.05, 3.63) is 35.4 Å². The number of carbonyl (C=O) groups is 2. The number of Topliss-reactive ketones (excluding diaryl/α,β-unsaturated/α-hetero) is 1. The van der Waals surface area contributed by atoms with Gasteiger partial charge < -0.3 is 5.32 Å². The molecule has 23 heavy (non-hydrogen) atoms. The van der Waals surface area contributed by atoms with Crippen LogP contribution in [0.15, 0.2) is 24.3 Å². The third-order valence-electron chi connectivity index (χ3n) is 4.76. The summed E-state index contributed by atoms with van der Waals surface area (Å²) in [6.45, 7) is 2.75. The van der Waals surface area contributed by atoms with Crippen LogP contribution >= 0.6 is 0 Å². The summed E-state index contributed by atoms with van der Waals surface area (Å²) >= 11 is 0. The molecule has 1 aromatic carbocycles. The number of carbonyl (C=O) groups excluding carboxylic acids is 2. The van der Waals surface area contributed by atoms with Crippen LogP contribution in [0, 0.1) is 0 Å². The van der Waals surface area contributed by atoms with E-state index in [4.69, 9.17) is 0 Å². The summed E-state index contributed by atoms with van der Waals surface area (Å²) in [5.74, 6) is -0.310. The van der Waals surface area contributed by atoms with Crippen molar-refractivity contribution in [1.29, 1.82) is 0 Å². The maximum absolute atomic E-state index is 12.0. The molecule has 1 N–H and O–H groups in total. The van der Waals surface area contributed by atoms with Gasteiger partial charge in [0.15, 0.2) is 0 Å². The molecule has 0 saturated carbocycles. The van der Waals surface area contributed by atoms with Gasteiger partial charge in [-0.1, -0.05) is 56.9 Å². The van der Waals surface area contributed by atoms with Crippen molar-refractivity contribution in [1.82, 2.24) is 5.32 Å². The monoisotopic (exact) mass is 315 g/mol. The number of hydrogen-bond acceptors (Lipinski definition) is 2. The van der Waals surface area contributed by atoms with Crippen molar-refractivity contribution in [3.63, 3.8) is 0 Å². The van der Waals surface area contributed by atoms with Gasteiger partial charge >= 0.3 is 0 Å². The molecule has 0 saturated heterocycles. The second-order valence-corrected chi connectivity index (χ2v) is 6.59. The van der Waals surface area contributed by atoms with Crippen LogP contribution in [0.25, 0.3) is 0 Å². The first-order valence-corrected chi connectivity index (χ1v) is 9.11. The Bertz CT molecular complexity index is 524. The van der Waals surface area contributed by atoms with Crippen LogP contribution in [0.2, 0.25) is 0 Å². The summed E-state index contributed by atoms with van der Waals surface area (Å²) < 4.78 is 0. The molecule has 0 spiro atoms. The zero-order chi connectivity index (χ0) is 16.5. The maximum Gasteiger partial charge on any atom is 0.287 e. The van der Waals surface area contributed by atoms with E-state index in [9.17, 15) is 9.59 Å². The first-order valence-electron chi connectivity index (χ1n) is 9.11. The second-order valence-electron chi connectivity index (χ2n) is 6.59. The SMILES string of the molecule is CCCCCCCC(=O)C(=O)NCC1CCCc2ccccc21. The van der Waals surface area contributed by atoms with Crippen LogP contribution < -0.4 is 5.32 Å². The molecule has 1 aliphatic carbocycles. The first-order chi connectivity index (χ1) is 11.2. The maximum atomic E-state index is 12.0. The van der Waals surface area contributed by atoms with E-state index in [0.29, 0.717) is 18.9 Å². The number of benzene rings is 1. The normalized spacial score (nSPS) is 16.7. The van der Waals surface area contributed by atoms with Gasteiger partial charge in [-0.3, -0.25) is 9.59 Å². The highest BCUT2D eigenvalue weighted by molar-refractivity contribution is 6.36. The molecule has 126 valence electrons. The topological polar surface area (TPSA) is 46.2 Å². The largest absolute Gasteiger partial charge is 0.349 e. The molecule has 0 aliphatic heterocycles. The lowest BCUT2D eigenvalue weighted by Crippen LogP contribution is -2.34. The van der Waals surface area contributed by atoms with Crippen LogP contribution in [0.5, 0.6) is 0 Å². The molecule has 3 nitrogen and oxygen atoms in total. The average molecular weight is 315 g/mol. The molecule has 0 fully saturated rings. The smallest absolute Gasteiger partial charge is 0.287 e. The fourth-order valence-electron chi connectivity index (χ4n) is 3.38. The standard InChI is InChI=1S/C20H29NO2/c1-2-3-4-5-6-14-19(22)20(23)21-15-17-12-9-11-16-10-7-8-13-18(16)17/h7-8,10,13,17H,2-6,9,11-12,14-15H2,1H3,(H,21,23). The van der Waals surface area contributed by atoms with Crippen LogP contribution in [-0.4, -0.2) is 18.2 Å². The highest BCUT2D eigenvalue weighted by Crippen LogP contribution is 2.30. The van der Waals surface area contributed by atoms with E-state index in [0.717, 1.165) is 38.5 Å². The molecule has 3 heteroatoms. The number of hydrogen-bond donors (Lipinski definition) is 1. The van der Waals surface area contributed by atoms with E-state index in [1.165, 1.54) is 24.0 Å². The van der Waals surface area contributed by atoms with Gasteiger partial charge in [-0.05, 0) is 36.8 Å². The van der Waals surface area contributed by atoms with Gasteiger partial charge in [0.25, 0.3) is 5.91 Å². The Hall–Kier alpha value is -1.64. The van der Waals surface area contributed by atoms with Crippen molar-refractivity contribution in [2.75, 3.05) is 6.54 Å². The van der Waals surface area contributed by atoms with Crippen molar-refractivity contribution >= 4 is 11.7 Å². The summed E-state index contributed by atoms with van der Waals surface area (Å²) in [4.78, 5) is 23.8. The van der Waals surface area contributed by atoms with Gasteiger partial charge in [0, 0.05) is 18.9 Å². The van der Waals surface area contributed by atoms with Crippen LogP contribution in [0.4, 0.5) is 0 Å². The molecule has 1 amide bonds. The summed E-state index contributed by atoms with van der Waals surface area (Å²) in [7, 11) is 0. The third kappa shape index (κ3) is 5.49. The van der Waals surface area contributed by atoms with E-state index >= 15 is 0 Å². The molecule has 0 bridgehead atoms. The van der Waals surface area contributed by atoms with Crippen molar-refractivity contribution < 1.29 is 9.59 Å². The molecule has 1 aliphatic rings. The quantitative estimate of drug-likeness (QED) is 0.549. The minimum atomic E-state index is -0.399. The predicted octanol–water partition coefficient (Wildman–Crippen LogP) is 4.15.